The Morgan fingerprint density at radius 3 is 2.09 bits per heavy atom. The molecule has 282 valence electrons. The van der Waals surface area contributed by atoms with Crippen LogP contribution < -0.4 is 10.1 Å². The smallest absolute Gasteiger partial charge is 0.362 e. The highest BCUT2D eigenvalue weighted by Crippen LogP contribution is 2.54. The van der Waals surface area contributed by atoms with E-state index in [2.05, 4.69) is 62.7 Å². The molecule has 13 nitrogen and oxygen atoms in total. The lowest BCUT2D eigenvalue weighted by atomic mass is 9.75. The summed E-state index contributed by atoms with van der Waals surface area (Å²) in [5, 5.41) is 12.1. The third-order valence-electron chi connectivity index (χ3n) is 9.25. The van der Waals surface area contributed by atoms with Crippen molar-refractivity contribution in [3.8, 4) is 11.9 Å². The summed E-state index contributed by atoms with van der Waals surface area (Å²) >= 11 is 6.37. The molecule has 1 aliphatic heterocycles. The van der Waals surface area contributed by atoms with Gasteiger partial charge in [-0.1, -0.05) is 105 Å². The lowest BCUT2D eigenvalue weighted by Crippen LogP contribution is -2.57. The van der Waals surface area contributed by atoms with Gasteiger partial charge in [-0.15, -0.1) is 0 Å². The van der Waals surface area contributed by atoms with Crippen LogP contribution in [-0.4, -0.2) is 81.0 Å². The summed E-state index contributed by atoms with van der Waals surface area (Å²) in [5.41, 5.74) is 2.91. The molecular weight excluding hydrogens is 727 g/mol. The second-order valence-corrected chi connectivity index (χ2v) is 16.9. The van der Waals surface area contributed by atoms with E-state index < -0.39 is 30.8 Å². The molecule has 1 saturated heterocycles. The minimum atomic E-state index is -3.65. The van der Waals surface area contributed by atoms with Gasteiger partial charge >= 0.3 is 6.87 Å². The molecule has 54 heavy (non-hydrogen) atoms. The second kappa shape index (κ2) is 16.8. The molecule has 2 aromatic heterocycles. The van der Waals surface area contributed by atoms with Gasteiger partial charge in [0.2, 0.25) is 17.7 Å². The first-order valence-corrected chi connectivity index (χ1v) is 20.2. The van der Waals surface area contributed by atoms with Gasteiger partial charge in [0.1, 0.15) is 12.3 Å². The number of nitriles is 1. The van der Waals surface area contributed by atoms with Crippen molar-refractivity contribution in [2.45, 2.75) is 51.2 Å². The minimum absolute atomic E-state index is 0.0240. The van der Waals surface area contributed by atoms with E-state index in [9.17, 15) is 14.6 Å². The minimum Gasteiger partial charge on any atom is -0.472 e. The van der Waals surface area contributed by atoms with Crippen molar-refractivity contribution in [2.75, 3.05) is 39.1 Å². The molecule has 1 amide bonds. The number of nitrogens with zero attached hydrogens (tertiary/aromatic N) is 7. The summed E-state index contributed by atoms with van der Waals surface area (Å²) in [4.78, 5) is 29.1. The van der Waals surface area contributed by atoms with Gasteiger partial charge in [-0.25, -0.2) is 9.65 Å². The van der Waals surface area contributed by atoms with Gasteiger partial charge in [0.25, 0.3) is 0 Å². The molecule has 5 aromatic rings. The number of hydrogen-bond acceptors (Lipinski definition) is 10. The van der Waals surface area contributed by atoms with Crippen molar-refractivity contribution in [3.63, 3.8) is 0 Å². The monoisotopic (exact) mass is 770 g/mol. The molecular formula is C39H44ClN8O5P. The number of ether oxygens (including phenoxy) is 2. The largest absolute Gasteiger partial charge is 0.472 e. The maximum atomic E-state index is 13.2. The number of amides is 1. The quantitative estimate of drug-likeness (QED) is 0.0902. The van der Waals surface area contributed by atoms with Gasteiger partial charge in [-0.05, 0) is 49.0 Å². The Hall–Kier alpha value is -4.67. The van der Waals surface area contributed by atoms with Crippen LogP contribution in [-0.2, 0) is 24.2 Å². The van der Waals surface area contributed by atoms with Crippen LogP contribution in [0.1, 0.15) is 50.1 Å². The summed E-state index contributed by atoms with van der Waals surface area (Å²) < 4.78 is 35.1. The van der Waals surface area contributed by atoms with E-state index in [-0.39, 0.29) is 36.7 Å². The lowest BCUT2D eigenvalue weighted by molar-refractivity contribution is -0.145. The Morgan fingerprint density at radius 1 is 1.00 bits per heavy atom. The maximum absolute atomic E-state index is 13.2. The predicted molar refractivity (Wildman–Crippen MR) is 207 cm³/mol. The standard InChI is InChI=1S/C39H44ClN8O5P/c1-27(2)36(49)44-38-43-35-34(37(45-38)52-28(3)21-22-41)42-26-48(35)33-24-47(23-32(53-33)25-51-54(40,50)46(4)5)39(29-15-9-6-10-16-29,30-17-11-7-12-18-30)31-19-13-8-14-20-31/h6-20,26-28,32-33H,21,23-25H2,1-5H3,(H,43,44,45,49)/t28-,32+,33-,54-/m1/s1. The van der Waals surface area contributed by atoms with E-state index in [0.29, 0.717) is 24.3 Å². The highest BCUT2D eigenvalue weighted by molar-refractivity contribution is 7.83. The Labute approximate surface area is 320 Å². The van der Waals surface area contributed by atoms with Crippen molar-refractivity contribution in [1.82, 2.24) is 29.1 Å². The molecule has 0 bridgehead atoms. The van der Waals surface area contributed by atoms with E-state index in [4.69, 9.17) is 30.2 Å². The molecule has 3 aromatic carbocycles. The fraction of sp³-hybridized carbons (Fsp3) is 0.359. The van der Waals surface area contributed by atoms with Gasteiger partial charge < -0.3 is 14.0 Å². The first-order valence-electron chi connectivity index (χ1n) is 17.7. The van der Waals surface area contributed by atoms with Crippen LogP contribution in [0.25, 0.3) is 11.2 Å². The highest BCUT2D eigenvalue weighted by Gasteiger charge is 2.47. The molecule has 1 N–H and O–H groups in total. The van der Waals surface area contributed by atoms with E-state index in [1.54, 1.807) is 45.8 Å². The highest BCUT2D eigenvalue weighted by atomic mass is 35.7. The van der Waals surface area contributed by atoms with Gasteiger partial charge in [0.05, 0.1) is 37.1 Å². The van der Waals surface area contributed by atoms with Crippen LogP contribution in [0.5, 0.6) is 5.88 Å². The number of fused-ring (bicyclic) bond motifs is 1. The average molecular weight is 771 g/mol. The van der Waals surface area contributed by atoms with Crippen LogP contribution in [0.3, 0.4) is 0 Å². The lowest BCUT2D eigenvalue weighted by Gasteiger charge is -2.50. The number of benzene rings is 3. The van der Waals surface area contributed by atoms with Crippen LogP contribution in [0.2, 0.25) is 0 Å². The molecule has 0 unspecified atom stereocenters. The van der Waals surface area contributed by atoms with Crippen LogP contribution in [0, 0.1) is 17.2 Å². The topological polar surface area (TPSA) is 148 Å². The summed E-state index contributed by atoms with van der Waals surface area (Å²) in [6.45, 7) is 2.24. The molecule has 0 spiro atoms. The number of halogens is 1. The van der Waals surface area contributed by atoms with E-state index in [0.717, 1.165) is 16.7 Å². The average Bonchev–Trinajstić information content (AvgIpc) is 3.60. The third-order valence-corrected chi connectivity index (χ3v) is 11.9. The number of imidazole rings is 1. The maximum Gasteiger partial charge on any atom is 0.362 e. The molecule has 0 saturated carbocycles. The van der Waals surface area contributed by atoms with Gasteiger partial charge in [0.15, 0.2) is 11.2 Å². The second-order valence-electron chi connectivity index (χ2n) is 13.6. The van der Waals surface area contributed by atoms with E-state index in [1.807, 2.05) is 54.6 Å². The van der Waals surface area contributed by atoms with Gasteiger partial charge in [-0.2, -0.15) is 15.2 Å². The molecule has 1 fully saturated rings. The fourth-order valence-corrected chi connectivity index (χ4v) is 7.32. The fourth-order valence-electron chi connectivity index (χ4n) is 6.57. The van der Waals surface area contributed by atoms with Crippen LogP contribution >= 0.6 is 18.1 Å². The molecule has 3 heterocycles. The van der Waals surface area contributed by atoms with E-state index in [1.165, 1.54) is 4.67 Å². The molecule has 1 aliphatic rings. The molecule has 15 heteroatoms. The first-order chi connectivity index (χ1) is 25.9. The zero-order chi connectivity index (χ0) is 38.5. The van der Waals surface area contributed by atoms with Gasteiger partial charge in [-0.3, -0.25) is 24.1 Å². The number of hydrogen-bond donors (Lipinski definition) is 1. The van der Waals surface area contributed by atoms with Crippen molar-refractivity contribution >= 4 is 41.1 Å². The molecule has 6 rings (SSSR count). The number of anilines is 1. The van der Waals surface area contributed by atoms with Crippen molar-refractivity contribution in [1.29, 1.82) is 5.26 Å². The molecule has 4 atom stereocenters. The number of morpholine rings is 1. The normalized spacial score (nSPS) is 18.3. The summed E-state index contributed by atoms with van der Waals surface area (Å²) in [6.07, 6.45) is -0.184. The van der Waals surface area contributed by atoms with Crippen LogP contribution in [0.4, 0.5) is 5.95 Å². The van der Waals surface area contributed by atoms with Crippen molar-refractivity contribution in [3.05, 3.63) is 114 Å². The molecule has 0 aliphatic carbocycles. The summed E-state index contributed by atoms with van der Waals surface area (Å²) in [6, 6.07) is 32.9. The van der Waals surface area contributed by atoms with E-state index >= 15 is 0 Å². The Morgan fingerprint density at radius 2 is 1.57 bits per heavy atom. The Bertz CT molecular complexity index is 2030. The number of carbonyl (C=O) groups is 1. The Balaban J connectivity index is 1.53. The zero-order valence-electron chi connectivity index (χ0n) is 30.9. The number of aromatic nitrogens is 4. The number of nitrogens with one attached hydrogen (secondary N) is 1. The third kappa shape index (κ3) is 8.20. The zero-order valence-corrected chi connectivity index (χ0v) is 32.5. The number of rotatable bonds is 14. The van der Waals surface area contributed by atoms with Crippen molar-refractivity contribution < 1.29 is 23.4 Å². The Kier molecular flexibility index (Phi) is 12.1. The first kappa shape index (κ1) is 39.0. The summed E-state index contributed by atoms with van der Waals surface area (Å²) in [5.74, 6) is -0.474. The number of carbonyl (C=O) groups excluding carboxylic acids is 1. The SMILES string of the molecule is CC(C)C(=O)Nc1nc(O[C@H](C)CC#N)c2ncn([C@H]3CN(C(c4ccccc4)(c4ccccc4)c4ccccc4)C[C@@H](CO[P@](=O)(Cl)N(C)C)O3)c2n1. The molecule has 0 radical (unpaired) electrons. The predicted octanol–water partition coefficient (Wildman–Crippen LogP) is 7.22. The summed E-state index contributed by atoms with van der Waals surface area (Å²) in [7, 11) is 3.19. The van der Waals surface area contributed by atoms with Crippen molar-refractivity contribution in [2.24, 2.45) is 5.92 Å². The van der Waals surface area contributed by atoms with Crippen LogP contribution in [0.15, 0.2) is 97.3 Å². The van der Waals surface area contributed by atoms with Gasteiger partial charge in [0, 0.05) is 19.0 Å².